The highest BCUT2D eigenvalue weighted by Crippen LogP contribution is 2.17. The Hall–Kier alpha value is -3.21. The second-order valence-electron chi connectivity index (χ2n) is 5.96. The van der Waals surface area contributed by atoms with Gasteiger partial charge in [-0.2, -0.15) is 0 Å². The molecule has 1 amide bonds. The average Bonchev–Trinajstić information content (AvgIpc) is 2.58. The Morgan fingerprint density at radius 3 is 2.32 bits per heavy atom. The van der Waals surface area contributed by atoms with Crippen LogP contribution >= 0.6 is 0 Å². The number of anilines is 3. The Bertz CT molecular complexity index is 907. The summed E-state index contributed by atoms with van der Waals surface area (Å²) >= 11 is 0. The second-order valence-corrected chi connectivity index (χ2v) is 5.96. The summed E-state index contributed by atoms with van der Waals surface area (Å²) in [6.07, 6.45) is 0. The standard InChI is InChI=1S/C20H20N4O/c1-13-9-10-17(11-14(13)2)22-19(25)18-12-15(3)21-20(24-18)23-16-7-5-4-6-8-16/h4-12H,1-3H3,(H,22,25)(H,21,23,24). The van der Waals surface area contributed by atoms with Gasteiger partial charge in [-0.3, -0.25) is 4.79 Å². The summed E-state index contributed by atoms with van der Waals surface area (Å²) in [4.78, 5) is 21.2. The van der Waals surface area contributed by atoms with Crippen LogP contribution in [0.4, 0.5) is 17.3 Å². The Morgan fingerprint density at radius 2 is 1.60 bits per heavy atom. The Balaban J connectivity index is 1.81. The van der Waals surface area contributed by atoms with E-state index in [1.807, 2.05) is 69.3 Å². The monoisotopic (exact) mass is 332 g/mol. The van der Waals surface area contributed by atoms with E-state index in [-0.39, 0.29) is 5.91 Å². The van der Waals surface area contributed by atoms with E-state index in [1.165, 1.54) is 5.56 Å². The van der Waals surface area contributed by atoms with Crippen LogP contribution in [0.15, 0.2) is 54.6 Å². The molecule has 0 spiro atoms. The number of rotatable bonds is 4. The lowest BCUT2D eigenvalue weighted by Gasteiger charge is -2.10. The van der Waals surface area contributed by atoms with Crippen molar-refractivity contribution in [1.29, 1.82) is 0 Å². The summed E-state index contributed by atoms with van der Waals surface area (Å²) in [5, 5.41) is 6.01. The molecule has 0 radical (unpaired) electrons. The molecule has 0 fully saturated rings. The number of carbonyl (C=O) groups excluding carboxylic acids is 1. The zero-order chi connectivity index (χ0) is 17.8. The SMILES string of the molecule is Cc1cc(C(=O)Nc2ccc(C)c(C)c2)nc(Nc2ccccc2)n1. The topological polar surface area (TPSA) is 66.9 Å². The summed E-state index contributed by atoms with van der Waals surface area (Å²) in [5.74, 6) is 0.140. The molecule has 0 aliphatic heterocycles. The van der Waals surface area contributed by atoms with Gasteiger partial charge in [-0.1, -0.05) is 24.3 Å². The maximum absolute atomic E-state index is 12.5. The van der Waals surface area contributed by atoms with Crippen LogP contribution in [0.3, 0.4) is 0 Å². The molecule has 0 saturated heterocycles. The molecule has 3 rings (SSSR count). The first kappa shape index (κ1) is 16.6. The Morgan fingerprint density at radius 1 is 0.840 bits per heavy atom. The minimum Gasteiger partial charge on any atom is -0.324 e. The van der Waals surface area contributed by atoms with E-state index in [4.69, 9.17) is 0 Å². The number of benzene rings is 2. The van der Waals surface area contributed by atoms with Gasteiger partial charge in [0.1, 0.15) is 5.69 Å². The van der Waals surface area contributed by atoms with E-state index in [1.54, 1.807) is 6.07 Å². The summed E-state index contributed by atoms with van der Waals surface area (Å²) in [7, 11) is 0. The number of aromatic nitrogens is 2. The highest BCUT2D eigenvalue weighted by Gasteiger charge is 2.11. The molecule has 0 saturated carbocycles. The molecule has 1 aromatic heterocycles. The highest BCUT2D eigenvalue weighted by molar-refractivity contribution is 6.03. The zero-order valence-corrected chi connectivity index (χ0v) is 14.5. The van der Waals surface area contributed by atoms with E-state index in [2.05, 4.69) is 20.6 Å². The molecule has 25 heavy (non-hydrogen) atoms. The van der Waals surface area contributed by atoms with E-state index in [0.717, 1.165) is 22.6 Å². The van der Waals surface area contributed by atoms with Crippen molar-refractivity contribution < 1.29 is 4.79 Å². The van der Waals surface area contributed by atoms with Crippen LogP contribution < -0.4 is 10.6 Å². The fraction of sp³-hybridized carbons (Fsp3) is 0.150. The number of nitrogens with zero attached hydrogens (tertiary/aromatic N) is 2. The summed E-state index contributed by atoms with van der Waals surface area (Å²) < 4.78 is 0. The summed E-state index contributed by atoms with van der Waals surface area (Å²) in [5.41, 5.74) is 4.98. The van der Waals surface area contributed by atoms with Gasteiger partial charge < -0.3 is 10.6 Å². The predicted octanol–water partition coefficient (Wildman–Crippen LogP) is 4.40. The number of hydrogen-bond donors (Lipinski definition) is 2. The molecule has 0 bridgehead atoms. The lowest BCUT2D eigenvalue weighted by atomic mass is 10.1. The van der Waals surface area contributed by atoms with Gasteiger partial charge in [-0.15, -0.1) is 0 Å². The number of amides is 1. The van der Waals surface area contributed by atoms with Crippen molar-refractivity contribution in [3.63, 3.8) is 0 Å². The molecule has 5 heteroatoms. The molecule has 0 unspecified atom stereocenters. The largest absolute Gasteiger partial charge is 0.324 e. The van der Waals surface area contributed by atoms with E-state index >= 15 is 0 Å². The molecule has 126 valence electrons. The van der Waals surface area contributed by atoms with E-state index in [0.29, 0.717) is 11.6 Å². The molecule has 2 aromatic carbocycles. The van der Waals surface area contributed by atoms with Gasteiger partial charge in [0.2, 0.25) is 5.95 Å². The normalized spacial score (nSPS) is 10.4. The number of aryl methyl sites for hydroxylation is 3. The van der Waals surface area contributed by atoms with Crippen LogP contribution in [0.1, 0.15) is 27.3 Å². The van der Waals surface area contributed by atoms with Crippen LogP contribution in [0, 0.1) is 20.8 Å². The van der Waals surface area contributed by atoms with Crippen molar-refractivity contribution in [1.82, 2.24) is 9.97 Å². The van der Waals surface area contributed by atoms with E-state index < -0.39 is 0 Å². The number of carbonyl (C=O) groups is 1. The molecule has 0 aliphatic rings. The smallest absolute Gasteiger partial charge is 0.274 e. The van der Waals surface area contributed by atoms with Crippen molar-refractivity contribution in [3.8, 4) is 0 Å². The van der Waals surface area contributed by atoms with Crippen LogP contribution in [-0.4, -0.2) is 15.9 Å². The van der Waals surface area contributed by atoms with Crippen molar-refractivity contribution in [2.24, 2.45) is 0 Å². The van der Waals surface area contributed by atoms with Crippen molar-refractivity contribution in [3.05, 3.63) is 77.1 Å². The van der Waals surface area contributed by atoms with E-state index in [9.17, 15) is 4.79 Å². The van der Waals surface area contributed by atoms with Gasteiger partial charge in [0.15, 0.2) is 0 Å². The molecule has 5 nitrogen and oxygen atoms in total. The van der Waals surface area contributed by atoms with Crippen molar-refractivity contribution in [2.45, 2.75) is 20.8 Å². The molecular weight excluding hydrogens is 312 g/mol. The fourth-order valence-electron chi connectivity index (χ4n) is 2.41. The molecular formula is C20H20N4O. The Labute approximate surface area is 147 Å². The van der Waals surface area contributed by atoms with Crippen LogP contribution in [0.5, 0.6) is 0 Å². The number of para-hydroxylation sites is 1. The maximum Gasteiger partial charge on any atom is 0.274 e. The van der Waals surface area contributed by atoms with Gasteiger partial charge >= 0.3 is 0 Å². The second kappa shape index (κ2) is 7.13. The quantitative estimate of drug-likeness (QED) is 0.743. The lowest BCUT2D eigenvalue weighted by molar-refractivity contribution is 0.102. The zero-order valence-electron chi connectivity index (χ0n) is 14.5. The third-order valence-corrected chi connectivity index (χ3v) is 3.88. The number of hydrogen-bond acceptors (Lipinski definition) is 4. The van der Waals surface area contributed by atoms with Crippen LogP contribution in [0.2, 0.25) is 0 Å². The van der Waals surface area contributed by atoms with Gasteiger partial charge in [-0.05, 0) is 62.2 Å². The Kier molecular flexibility index (Phi) is 4.75. The van der Waals surface area contributed by atoms with Gasteiger partial charge in [0.25, 0.3) is 5.91 Å². The van der Waals surface area contributed by atoms with Gasteiger partial charge in [0, 0.05) is 17.1 Å². The first-order valence-electron chi connectivity index (χ1n) is 8.07. The minimum atomic E-state index is -0.259. The molecule has 1 heterocycles. The summed E-state index contributed by atoms with van der Waals surface area (Å²) in [6.45, 7) is 5.89. The van der Waals surface area contributed by atoms with Crippen LogP contribution in [0.25, 0.3) is 0 Å². The third-order valence-electron chi connectivity index (χ3n) is 3.88. The predicted molar refractivity (Wildman–Crippen MR) is 100 cm³/mol. The first-order valence-corrected chi connectivity index (χ1v) is 8.07. The fourth-order valence-corrected chi connectivity index (χ4v) is 2.41. The minimum absolute atomic E-state index is 0.259. The van der Waals surface area contributed by atoms with Crippen molar-refractivity contribution >= 4 is 23.2 Å². The molecule has 0 atom stereocenters. The van der Waals surface area contributed by atoms with Crippen LogP contribution in [-0.2, 0) is 0 Å². The van der Waals surface area contributed by atoms with Gasteiger partial charge in [0.05, 0.1) is 0 Å². The third kappa shape index (κ3) is 4.20. The first-order chi connectivity index (χ1) is 12.0. The average molecular weight is 332 g/mol. The van der Waals surface area contributed by atoms with Crippen molar-refractivity contribution in [2.75, 3.05) is 10.6 Å². The lowest BCUT2D eigenvalue weighted by Crippen LogP contribution is -2.15. The molecule has 0 aliphatic carbocycles. The molecule has 3 aromatic rings. The summed E-state index contributed by atoms with van der Waals surface area (Å²) in [6, 6.07) is 17.1. The highest BCUT2D eigenvalue weighted by atomic mass is 16.1. The number of nitrogens with one attached hydrogen (secondary N) is 2. The molecule has 2 N–H and O–H groups in total. The van der Waals surface area contributed by atoms with Gasteiger partial charge in [-0.25, -0.2) is 9.97 Å². The maximum atomic E-state index is 12.5.